The van der Waals surface area contributed by atoms with Crippen LogP contribution in [0.2, 0.25) is 0 Å². The van der Waals surface area contributed by atoms with Gasteiger partial charge in [0.1, 0.15) is 11.5 Å². The van der Waals surface area contributed by atoms with E-state index in [1.54, 1.807) is 0 Å². The Kier molecular flexibility index (Phi) is 12.9. The molecule has 0 N–H and O–H groups in total. The quantitative estimate of drug-likeness (QED) is 0.175. The SMILES string of the molecule is CC(C)c1cccc(C(C)C)c1N=Cc1ccc(C=Nc2c(C(C)C)cccc2C(C)C)o1.[Br][Fe][Br]. The van der Waals surface area contributed by atoms with E-state index in [2.05, 4.69) is 120 Å². The van der Waals surface area contributed by atoms with Crippen LogP contribution in [0.25, 0.3) is 0 Å². The second kappa shape index (κ2) is 15.1. The second-order valence-corrected chi connectivity index (χ2v) is 15.6. The Bertz CT molecular complexity index is 1020. The summed E-state index contributed by atoms with van der Waals surface area (Å²) in [5.74, 6) is 3.09. The van der Waals surface area contributed by atoms with E-state index in [9.17, 15) is 0 Å². The van der Waals surface area contributed by atoms with E-state index >= 15 is 0 Å². The van der Waals surface area contributed by atoms with E-state index in [4.69, 9.17) is 14.4 Å². The molecule has 0 saturated carbocycles. The first-order valence-electron chi connectivity index (χ1n) is 12.4. The second-order valence-electron chi connectivity index (χ2n) is 10.00. The van der Waals surface area contributed by atoms with Gasteiger partial charge in [0, 0.05) is 0 Å². The molecule has 0 saturated heterocycles. The molecule has 36 heavy (non-hydrogen) atoms. The molecule has 0 amide bonds. The zero-order valence-electron chi connectivity index (χ0n) is 22.5. The summed E-state index contributed by atoms with van der Waals surface area (Å²) >= 11 is 7.00. The number of hydrogen-bond acceptors (Lipinski definition) is 3. The molecule has 0 atom stereocenters. The summed E-state index contributed by atoms with van der Waals surface area (Å²) in [4.78, 5) is 9.72. The molecular weight excluding hydrogens is 620 g/mol. The molecule has 0 spiro atoms. The molecule has 196 valence electrons. The normalized spacial score (nSPS) is 12.1. The Morgan fingerprint density at radius 3 is 1.11 bits per heavy atom. The molecule has 0 fully saturated rings. The summed E-state index contributed by atoms with van der Waals surface area (Å²) in [6.45, 7) is 17.7. The molecule has 3 nitrogen and oxygen atoms in total. The molecule has 0 unspecified atom stereocenters. The number of furan rings is 1. The number of para-hydroxylation sites is 2. The monoisotopic (exact) mass is 656 g/mol. The van der Waals surface area contributed by atoms with Gasteiger partial charge >= 0.3 is 39.6 Å². The van der Waals surface area contributed by atoms with Crippen molar-refractivity contribution in [3.63, 3.8) is 0 Å². The fraction of sp³-hybridized carbons (Fsp3) is 0.400. The topological polar surface area (TPSA) is 37.9 Å². The fourth-order valence-electron chi connectivity index (χ4n) is 4.09. The standard InChI is InChI=1S/C30H38N2O.2BrH.Fe/c1-19(2)25-11-9-12-26(20(3)4)29(25)31-17-23-15-16-24(33-23)18-32-30-27(21(5)6)13-10-14-28(30)22(7)8;;;/h9-22H,1-8H3;2*1H;/q;;;+2/p-2. The van der Waals surface area contributed by atoms with E-state index in [1.807, 2.05) is 24.6 Å². The third kappa shape index (κ3) is 8.55. The number of aliphatic imine (C=N–C) groups is 2. The molecule has 1 aromatic heterocycles. The van der Waals surface area contributed by atoms with Crippen molar-refractivity contribution in [3.8, 4) is 0 Å². The fourth-order valence-corrected chi connectivity index (χ4v) is 4.09. The zero-order valence-corrected chi connectivity index (χ0v) is 26.8. The first-order chi connectivity index (χ1) is 17.1. The Hall–Kier alpha value is -1.46. The first kappa shape index (κ1) is 30.8. The van der Waals surface area contributed by atoms with Crippen LogP contribution in [0.15, 0.2) is 62.9 Å². The number of hydrogen-bond donors (Lipinski definition) is 0. The van der Waals surface area contributed by atoms with Gasteiger partial charge in [-0.1, -0.05) is 91.8 Å². The summed E-state index contributed by atoms with van der Waals surface area (Å²) in [7, 11) is 0. The summed E-state index contributed by atoms with van der Waals surface area (Å²) in [6.07, 6.45) is 3.65. The van der Waals surface area contributed by atoms with Crippen LogP contribution in [0.3, 0.4) is 0 Å². The Balaban J connectivity index is 0.00000145. The number of rotatable bonds is 8. The van der Waals surface area contributed by atoms with Crippen molar-refractivity contribution >= 4 is 52.0 Å². The summed E-state index contributed by atoms with van der Waals surface area (Å²) in [5.41, 5.74) is 7.16. The molecule has 0 radical (unpaired) electrons. The van der Waals surface area contributed by atoms with Crippen molar-refractivity contribution in [2.75, 3.05) is 0 Å². The van der Waals surface area contributed by atoms with Gasteiger partial charge in [-0.2, -0.15) is 0 Å². The third-order valence-electron chi connectivity index (χ3n) is 5.97. The average molecular weight is 658 g/mol. The number of halogens is 2. The molecule has 0 aliphatic heterocycles. The molecule has 6 heteroatoms. The van der Waals surface area contributed by atoms with Gasteiger partial charge < -0.3 is 4.42 Å². The predicted octanol–water partition coefficient (Wildman–Crippen LogP) is 11.0. The number of benzene rings is 2. The number of nitrogens with zero attached hydrogens (tertiary/aromatic N) is 2. The molecule has 1 heterocycles. The van der Waals surface area contributed by atoms with Crippen LogP contribution in [0.5, 0.6) is 0 Å². The Morgan fingerprint density at radius 1 is 0.583 bits per heavy atom. The summed E-state index contributed by atoms with van der Waals surface area (Å²) in [6, 6.07) is 16.8. The summed E-state index contributed by atoms with van der Waals surface area (Å²) in [5, 5.41) is 0. The van der Waals surface area contributed by atoms with E-state index in [0.717, 1.165) is 34.2 Å². The van der Waals surface area contributed by atoms with Crippen molar-refractivity contribution in [2.24, 2.45) is 9.98 Å². The molecule has 0 bridgehead atoms. The molecule has 0 aliphatic rings. The van der Waals surface area contributed by atoms with Gasteiger partial charge in [0.05, 0.1) is 23.8 Å². The van der Waals surface area contributed by atoms with Gasteiger partial charge in [-0.05, 0) is 58.1 Å². The first-order valence-corrected chi connectivity index (χ1v) is 17.8. The molecule has 2 aromatic carbocycles. The maximum absolute atomic E-state index is 6.03. The minimum atomic E-state index is 0.409. The van der Waals surface area contributed by atoms with Gasteiger partial charge in [-0.25, -0.2) is 0 Å². The Labute approximate surface area is 237 Å². The van der Waals surface area contributed by atoms with Gasteiger partial charge in [-0.3, -0.25) is 9.98 Å². The van der Waals surface area contributed by atoms with Crippen molar-refractivity contribution in [3.05, 3.63) is 82.3 Å². The van der Waals surface area contributed by atoms with Gasteiger partial charge in [0.15, 0.2) is 0 Å². The van der Waals surface area contributed by atoms with Crippen LogP contribution in [0.1, 0.15) is 113 Å². The summed E-state index contributed by atoms with van der Waals surface area (Å²) < 4.78 is 6.03. The van der Waals surface area contributed by atoms with Crippen LogP contribution in [0, 0.1) is 0 Å². The predicted molar refractivity (Wildman–Crippen MR) is 160 cm³/mol. The van der Waals surface area contributed by atoms with E-state index in [0.29, 0.717) is 23.7 Å². The van der Waals surface area contributed by atoms with Crippen molar-refractivity contribution < 1.29 is 15.8 Å². The van der Waals surface area contributed by atoms with Crippen LogP contribution >= 0.6 is 28.2 Å². The van der Waals surface area contributed by atoms with Gasteiger partial charge in [0.25, 0.3) is 0 Å². The molecule has 0 aliphatic carbocycles. The maximum atomic E-state index is 6.03. The minimum absolute atomic E-state index is 0.409. The average Bonchev–Trinajstić information content (AvgIpc) is 3.28. The Morgan fingerprint density at radius 2 is 0.861 bits per heavy atom. The molecular formula is C30H38Br2FeN2O. The third-order valence-corrected chi connectivity index (χ3v) is 5.97. The van der Waals surface area contributed by atoms with Crippen LogP contribution in [-0.4, -0.2) is 12.4 Å². The van der Waals surface area contributed by atoms with Crippen LogP contribution in [-0.2, 0) is 11.3 Å². The van der Waals surface area contributed by atoms with E-state index in [1.165, 1.54) is 22.3 Å². The van der Waals surface area contributed by atoms with E-state index in [-0.39, 0.29) is 0 Å². The van der Waals surface area contributed by atoms with Gasteiger partial charge in [-0.15, -0.1) is 0 Å². The van der Waals surface area contributed by atoms with Crippen LogP contribution in [0.4, 0.5) is 11.4 Å². The van der Waals surface area contributed by atoms with Crippen molar-refractivity contribution in [2.45, 2.75) is 79.1 Å². The molecule has 3 rings (SSSR count). The molecule has 3 aromatic rings. The zero-order chi connectivity index (χ0) is 26.8. The van der Waals surface area contributed by atoms with Crippen molar-refractivity contribution in [1.82, 2.24) is 0 Å². The van der Waals surface area contributed by atoms with Gasteiger partial charge in [0.2, 0.25) is 0 Å². The van der Waals surface area contributed by atoms with Crippen molar-refractivity contribution in [1.29, 1.82) is 0 Å². The van der Waals surface area contributed by atoms with E-state index < -0.39 is 0 Å². The van der Waals surface area contributed by atoms with Crippen LogP contribution < -0.4 is 0 Å².